The summed E-state index contributed by atoms with van der Waals surface area (Å²) < 4.78 is 34.4. The molecule has 2 heterocycles. The molecule has 1 aliphatic rings. The maximum Gasteiger partial charge on any atom is 0.338 e. The number of carbonyl (C=O) groups is 1. The Kier molecular flexibility index (Phi) is 2.48. The number of aromatic nitrogens is 2. The van der Waals surface area contributed by atoms with Crippen molar-refractivity contribution < 1.29 is 23.4 Å². The predicted molar refractivity (Wildman–Crippen MR) is 60.0 cm³/mol. The number of rotatable bonds is 1. The molecule has 0 spiro atoms. The summed E-state index contributed by atoms with van der Waals surface area (Å²) in [6, 6.07) is 1.06. The van der Waals surface area contributed by atoms with Crippen LogP contribution in [0.25, 0.3) is 11.3 Å². The van der Waals surface area contributed by atoms with Gasteiger partial charge in [-0.05, 0) is 6.07 Å². The molecule has 19 heavy (non-hydrogen) atoms. The number of imidazole rings is 1. The first-order valence-electron chi connectivity index (χ1n) is 5.48. The maximum absolute atomic E-state index is 13.9. The van der Waals surface area contributed by atoms with Gasteiger partial charge in [0.15, 0.2) is 11.6 Å². The van der Waals surface area contributed by atoms with Gasteiger partial charge in [-0.15, -0.1) is 0 Å². The highest BCUT2D eigenvalue weighted by Crippen LogP contribution is 2.37. The maximum atomic E-state index is 13.9. The highest BCUT2D eigenvalue weighted by atomic mass is 19.2. The number of carboxylic acid groups (broad SMARTS) is 1. The van der Waals surface area contributed by atoms with Gasteiger partial charge in [0.25, 0.3) is 0 Å². The first-order chi connectivity index (χ1) is 9.09. The Morgan fingerprint density at radius 2 is 2.21 bits per heavy atom. The van der Waals surface area contributed by atoms with Crippen molar-refractivity contribution in [2.24, 2.45) is 0 Å². The van der Waals surface area contributed by atoms with Crippen molar-refractivity contribution in [1.82, 2.24) is 9.55 Å². The number of aromatic carboxylic acids is 1. The molecule has 2 aromatic rings. The van der Waals surface area contributed by atoms with E-state index in [1.54, 1.807) is 4.57 Å². The van der Waals surface area contributed by atoms with E-state index in [4.69, 9.17) is 9.84 Å². The molecule has 0 aliphatic carbocycles. The standard InChI is InChI=1S/C12H8F2N2O3/c13-9-7(12(17)18)3-6-8-4-15-5-16(8)1-2-19-11(6)10(9)14/h3-5H,1-2H2,(H,17,18). The third-order valence-electron chi connectivity index (χ3n) is 2.96. The smallest absolute Gasteiger partial charge is 0.338 e. The lowest BCUT2D eigenvalue weighted by molar-refractivity contribution is 0.0690. The summed E-state index contributed by atoms with van der Waals surface area (Å²) >= 11 is 0. The molecule has 0 saturated heterocycles. The lowest BCUT2D eigenvalue weighted by Crippen LogP contribution is -2.07. The van der Waals surface area contributed by atoms with Gasteiger partial charge < -0.3 is 14.4 Å². The Hall–Kier alpha value is -2.44. The molecule has 0 unspecified atom stereocenters. The molecular weight excluding hydrogens is 258 g/mol. The molecule has 98 valence electrons. The molecule has 1 aromatic heterocycles. The van der Waals surface area contributed by atoms with Crippen LogP contribution in [0.3, 0.4) is 0 Å². The second-order valence-corrected chi connectivity index (χ2v) is 4.05. The topological polar surface area (TPSA) is 64.3 Å². The SMILES string of the molecule is O=C(O)c1cc2c(c(F)c1F)OCCn1cncc1-2. The van der Waals surface area contributed by atoms with Crippen molar-refractivity contribution in [3.8, 4) is 17.0 Å². The Bertz CT molecular complexity index is 682. The second-order valence-electron chi connectivity index (χ2n) is 4.05. The van der Waals surface area contributed by atoms with E-state index in [0.717, 1.165) is 6.07 Å². The van der Waals surface area contributed by atoms with Crippen LogP contribution in [0, 0.1) is 11.6 Å². The van der Waals surface area contributed by atoms with Gasteiger partial charge in [0.2, 0.25) is 5.82 Å². The second kappa shape index (κ2) is 4.04. The van der Waals surface area contributed by atoms with E-state index in [9.17, 15) is 13.6 Å². The highest BCUT2D eigenvalue weighted by molar-refractivity contribution is 5.90. The Labute approximate surface area is 106 Å². The molecule has 1 aromatic carbocycles. The van der Waals surface area contributed by atoms with Gasteiger partial charge in [0, 0.05) is 5.56 Å². The van der Waals surface area contributed by atoms with E-state index in [0.29, 0.717) is 12.2 Å². The Morgan fingerprint density at radius 3 is 2.95 bits per heavy atom. The van der Waals surface area contributed by atoms with E-state index < -0.39 is 23.2 Å². The molecule has 7 heteroatoms. The van der Waals surface area contributed by atoms with E-state index in [-0.39, 0.29) is 17.9 Å². The average Bonchev–Trinajstić information content (AvgIpc) is 2.76. The number of carboxylic acids is 1. The van der Waals surface area contributed by atoms with Crippen LogP contribution in [-0.2, 0) is 6.54 Å². The van der Waals surface area contributed by atoms with Gasteiger partial charge in [-0.1, -0.05) is 0 Å². The minimum Gasteiger partial charge on any atom is -0.488 e. The van der Waals surface area contributed by atoms with Crippen LogP contribution in [-0.4, -0.2) is 27.2 Å². The minimum absolute atomic E-state index is 0.152. The molecule has 0 amide bonds. The fourth-order valence-corrected chi connectivity index (χ4v) is 2.07. The predicted octanol–water partition coefficient (Wildman–Crippen LogP) is 1.92. The zero-order chi connectivity index (χ0) is 13.6. The number of benzene rings is 1. The van der Waals surface area contributed by atoms with Gasteiger partial charge in [-0.3, -0.25) is 0 Å². The van der Waals surface area contributed by atoms with E-state index >= 15 is 0 Å². The average molecular weight is 266 g/mol. The quantitative estimate of drug-likeness (QED) is 0.856. The molecule has 1 aliphatic heterocycles. The van der Waals surface area contributed by atoms with Crippen LogP contribution in [0.4, 0.5) is 8.78 Å². The molecule has 0 fully saturated rings. The molecule has 0 saturated carbocycles. The molecular formula is C12H8F2N2O3. The summed E-state index contributed by atoms with van der Waals surface area (Å²) in [5.41, 5.74) is -0.0466. The van der Waals surface area contributed by atoms with Crippen LogP contribution in [0.5, 0.6) is 5.75 Å². The first kappa shape index (κ1) is 11.6. The fraction of sp³-hybridized carbons (Fsp3) is 0.167. The summed E-state index contributed by atoms with van der Waals surface area (Å²) in [6.45, 7) is 0.576. The zero-order valence-electron chi connectivity index (χ0n) is 9.56. The molecule has 0 radical (unpaired) electrons. The summed E-state index contributed by atoms with van der Waals surface area (Å²) in [7, 11) is 0. The van der Waals surface area contributed by atoms with Gasteiger partial charge >= 0.3 is 5.97 Å². The van der Waals surface area contributed by atoms with Crippen molar-refractivity contribution in [1.29, 1.82) is 0 Å². The van der Waals surface area contributed by atoms with Gasteiger partial charge in [-0.2, -0.15) is 4.39 Å². The largest absolute Gasteiger partial charge is 0.488 e. The van der Waals surface area contributed by atoms with Crippen LogP contribution in [0.2, 0.25) is 0 Å². The summed E-state index contributed by atoms with van der Waals surface area (Å²) in [5, 5.41) is 8.89. The summed E-state index contributed by atoms with van der Waals surface area (Å²) in [4.78, 5) is 14.8. The fourth-order valence-electron chi connectivity index (χ4n) is 2.07. The van der Waals surface area contributed by atoms with Crippen molar-refractivity contribution in [3.05, 3.63) is 35.8 Å². The third-order valence-corrected chi connectivity index (χ3v) is 2.96. The molecule has 1 N–H and O–H groups in total. The van der Waals surface area contributed by atoms with Crippen LogP contribution in [0.15, 0.2) is 18.6 Å². The van der Waals surface area contributed by atoms with Gasteiger partial charge in [-0.25, -0.2) is 14.2 Å². The molecule has 3 rings (SSSR count). The summed E-state index contributed by atoms with van der Waals surface area (Å²) in [5.74, 6) is -4.51. The van der Waals surface area contributed by atoms with Crippen LogP contribution >= 0.6 is 0 Å². The number of halogens is 2. The van der Waals surface area contributed by atoms with Crippen molar-refractivity contribution in [3.63, 3.8) is 0 Å². The van der Waals surface area contributed by atoms with Gasteiger partial charge in [0.05, 0.1) is 30.3 Å². The number of hydrogen-bond donors (Lipinski definition) is 1. The van der Waals surface area contributed by atoms with E-state index in [2.05, 4.69) is 4.98 Å². The summed E-state index contributed by atoms with van der Waals surface area (Å²) in [6.07, 6.45) is 2.98. The zero-order valence-corrected chi connectivity index (χ0v) is 9.56. The van der Waals surface area contributed by atoms with E-state index in [1.165, 1.54) is 12.5 Å². The number of hydrogen-bond acceptors (Lipinski definition) is 3. The number of ether oxygens (including phenoxy) is 1. The van der Waals surface area contributed by atoms with Crippen LogP contribution < -0.4 is 4.74 Å². The number of fused-ring (bicyclic) bond motifs is 3. The lowest BCUT2D eigenvalue weighted by atomic mass is 10.1. The lowest BCUT2D eigenvalue weighted by Gasteiger charge is -2.10. The first-order valence-corrected chi connectivity index (χ1v) is 5.48. The van der Waals surface area contributed by atoms with Crippen LogP contribution in [0.1, 0.15) is 10.4 Å². The normalized spacial score (nSPS) is 13.2. The molecule has 0 bridgehead atoms. The van der Waals surface area contributed by atoms with Crippen molar-refractivity contribution in [2.45, 2.75) is 6.54 Å². The molecule has 0 atom stereocenters. The number of nitrogens with zero attached hydrogens (tertiary/aromatic N) is 2. The monoisotopic (exact) mass is 266 g/mol. The highest BCUT2D eigenvalue weighted by Gasteiger charge is 2.26. The van der Waals surface area contributed by atoms with Crippen molar-refractivity contribution in [2.75, 3.05) is 6.61 Å². The third kappa shape index (κ3) is 1.66. The Balaban J connectivity index is 2.34. The van der Waals surface area contributed by atoms with E-state index in [1.807, 2.05) is 0 Å². The van der Waals surface area contributed by atoms with Crippen molar-refractivity contribution >= 4 is 5.97 Å². The minimum atomic E-state index is -1.53. The molecule has 5 nitrogen and oxygen atoms in total. The Morgan fingerprint density at radius 1 is 1.42 bits per heavy atom. The van der Waals surface area contributed by atoms with Gasteiger partial charge in [0.1, 0.15) is 6.61 Å².